The second kappa shape index (κ2) is 7.18. The predicted octanol–water partition coefficient (Wildman–Crippen LogP) is 1.04. The number of fused-ring (bicyclic) bond motifs is 1. The fourth-order valence-corrected chi connectivity index (χ4v) is 4.52. The molecule has 3 rings (SSSR count). The lowest BCUT2D eigenvalue weighted by molar-refractivity contribution is -0.165. The summed E-state index contributed by atoms with van der Waals surface area (Å²) in [6, 6.07) is 0.0444. The zero-order valence-corrected chi connectivity index (χ0v) is 14.1. The molecular weight excluding hydrogens is 296 g/mol. The molecule has 2 saturated heterocycles. The number of morpholine rings is 1. The highest BCUT2D eigenvalue weighted by atomic mass is 16.5. The maximum atomic E-state index is 13.3. The zero-order valence-electron chi connectivity index (χ0n) is 14.1. The summed E-state index contributed by atoms with van der Waals surface area (Å²) in [7, 11) is 1.65. The molecule has 0 aromatic heterocycles. The average Bonchev–Trinajstić information content (AvgIpc) is 2.61. The normalized spacial score (nSPS) is 31.9. The third kappa shape index (κ3) is 3.11. The number of hydrogen-bond donors (Lipinski definition) is 0. The van der Waals surface area contributed by atoms with Gasteiger partial charge in [0.2, 0.25) is 11.8 Å². The number of methoxy groups -OCH3 is 1. The fourth-order valence-electron chi connectivity index (χ4n) is 4.52. The first kappa shape index (κ1) is 16.7. The first-order chi connectivity index (χ1) is 11.2. The molecule has 2 amide bonds. The summed E-state index contributed by atoms with van der Waals surface area (Å²) in [4.78, 5) is 29.7. The smallest absolute Gasteiger partial charge is 0.231 e. The highest BCUT2D eigenvalue weighted by molar-refractivity contribution is 5.88. The Kier molecular flexibility index (Phi) is 5.21. The van der Waals surface area contributed by atoms with Crippen molar-refractivity contribution >= 4 is 11.8 Å². The van der Waals surface area contributed by atoms with Crippen molar-refractivity contribution in [3.63, 3.8) is 0 Å². The van der Waals surface area contributed by atoms with Crippen molar-refractivity contribution in [2.75, 3.05) is 46.6 Å². The van der Waals surface area contributed by atoms with Gasteiger partial charge >= 0.3 is 0 Å². The highest BCUT2D eigenvalue weighted by Crippen LogP contribution is 2.47. The lowest BCUT2D eigenvalue weighted by Crippen LogP contribution is -2.63. The third-order valence-corrected chi connectivity index (χ3v) is 5.73. The van der Waals surface area contributed by atoms with Crippen LogP contribution in [0.4, 0.5) is 0 Å². The monoisotopic (exact) mass is 324 g/mol. The molecule has 6 nitrogen and oxygen atoms in total. The first-order valence-electron chi connectivity index (χ1n) is 8.84. The Balaban J connectivity index is 1.83. The summed E-state index contributed by atoms with van der Waals surface area (Å²) >= 11 is 0. The molecule has 0 unspecified atom stereocenters. The van der Waals surface area contributed by atoms with Gasteiger partial charge in [0.05, 0.1) is 25.2 Å². The van der Waals surface area contributed by atoms with E-state index in [1.807, 2.05) is 9.80 Å². The molecule has 23 heavy (non-hydrogen) atoms. The molecule has 130 valence electrons. The van der Waals surface area contributed by atoms with Crippen LogP contribution in [0.15, 0.2) is 0 Å². The van der Waals surface area contributed by atoms with Gasteiger partial charge in [0.25, 0.3) is 0 Å². The molecule has 6 heteroatoms. The Labute approximate surface area is 138 Å². The van der Waals surface area contributed by atoms with E-state index in [1.165, 1.54) is 0 Å². The van der Waals surface area contributed by atoms with Crippen molar-refractivity contribution in [2.45, 2.75) is 44.6 Å². The van der Waals surface area contributed by atoms with Gasteiger partial charge < -0.3 is 19.3 Å². The minimum Gasteiger partial charge on any atom is -0.383 e. The zero-order chi connectivity index (χ0) is 16.3. The summed E-state index contributed by atoms with van der Waals surface area (Å²) in [6.07, 6.45) is 5.21. The van der Waals surface area contributed by atoms with Gasteiger partial charge in [0.15, 0.2) is 0 Å². The summed E-state index contributed by atoms with van der Waals surface area (Å²) in [5.74, 6) is 0.430. The molecule has 2 aliphatic heterocycles. The van der Waals surface area contributed by atoms with E-state index in [1.54, 1.807) is 7.11 Å². The largest absolute Gasteiger partial charge is 0.383 e. The predicted molar refractivity (Wildman–Crippen MR) is 84.9 cm³/mol. The van der Waals surface area contributed by atoms with Crippen LogP contribution in [0.3, 0.4) is 0 Å². The average molecular weight is 324 g/mol. The van der Waals surface area contributed by atoms with E-state index >= 15 is 0 Å². The molecule has 0 aromatic rings. The van der Waals surface area contributed by atoms with E-state index < -0.39 is 0 Å². The van der Waals surface area contributed by atoms with Gasteiger partial charge in [-0.2, -0.15) is 0 Å². The minimum atomic E-state index is -0.378. The van der Waals surface area contributed by atoms with Crippen molar-refractivity contribution in [2.24, 2.45) is 5.41 Å². The van der Waals surface area contributed by atoms with Crippen LogP contribution in [0, 0.1) is 5.41 Å². The standard InChI is InChI=1S/C17H28N2O4/c1-22-11-10-19-14-4-2-3-6-17(14,7-5-15(19)20)16(21)18-8-12-23-13-9-18/h14H,2-13H2,1H3/t14-,17-/m0/s1. The quantitative estimate of drug-likeness (QED) is 0.775. The number of amides is 2. The molecule has 2 heterocycles. The Hall–Kier alpha value is -1.14. The van der Waals surface area contributed by atoms with E-state index in [9.17, 15) is 9.59 Å². The van der Waals surface area contributed by atoms with Crippen LogP contribution in [0.2, 0.25) is 0 Å². The first-order valence-corrected chi connectivity index (χ1v) is 8.84. The molecule has 0 N–H and O–H groups in total. The molecule has 1 saturated carbocycles. The second-order valence-electron chi connectivity index (χ2n) is 6.90. The summed E-state index contributed by atoms with van der Waals surface area (Å²) in [6.45, 7) is 3.73. The van der Waals surface area contributed by atoms with E-state index in [0.29, 0.717) is 52.3 Å². The van der Waals surface area contributed by atoms with Crippen LogP contribution in [-0.2, 0) is 19.1 Å². The van der Waals surface area contributed by atoms with Gasteiger partial charge in [0.1, 0.15) is 0 Å². The number of hydrogen-bond acceptors (Lipinski definition) is 4. The van der Waals surface area contributed by atoms with E-state index in [0.717, 1.165) is 25.7 Å². The van der Waals surface area contributed by atoms with Crippen molar-refractivity contribution in [3.05, 3.63) is 0 Å². The van der Waals surface area contributed by atoms with Gasteiger partial charge in [-0.15, -0.1) is 0 Å². The van der Waals surface area contributed by atoms with Crippen LogP contribution >= 0.6 is 0 Å². The fraction of sp³-hybridized carbons (Fsp3) is 0.882. The molecule has 0 spiro atoms. The molecule has 0 radical (unpaired) electrons. The Morgan fingerprint density at radius 1 is 1.30 bits per heavy atom. The number of nitrogens with zero attached hydrogens (tertiary/aromatic N) is 2. The van der Waals surface area contributed by atoms with E-state index in [4.69, 9.17) is 9.47 Å². The maximum Gasteiger partial charge on any atom is 0.231 e. The maximum absolute atomic E-state index is 13.3. The van der Waals surface area contributed by atoms with Crippen LogP contribution in [0.1, 0.15) is 38.5 Å². The van der Waals surface area contributed by atoms with Gasteiger partial charge in [-0.3, -0.25) is 9.59 Å². The third-order valence-electron chi connectivity index (χ3n) is 5.73. The molecular formula is C17H28N2O4. The summed E-state index contributed by atoms with van der Waals surface area (Å²) < 4.78 is 10.6. The molecule has 0 bridgehead atoms. The summed E-state index contributed by atoms with van der Waals surface area (Å²) in [5.41, 5.74) is -0.378. The van der Waals surface area contributed by atoms with Crippen molar-refractivity contribution in [1.82, 2.24) is 9.80 Å². The summed E-state index contributed by atoms with van der Waals surface area (Å²) in [5, 5.41) is 0. The minimum absolute atomic E-state index is 0.0444. The molecule has 3 fully saturated rings. The number of piperidine rings is 1. The van der Waals surface area contributed by atoms with Crippen LogP contribution in [-0.4, -0.2) is 74.2 Å². The van der Waals surface area contributed by atoms with Gasteiger partial charge in [-0.1, -0.05) is 12.8 Å². The van der Waals surface area contributed by atoms with Crippen LogP contribution in [0.5, 0.6) is 0 Å². The van der Waals surface area contributed by atoms with Crippen molar-refractivity contribution in [3.8, 4) is 0 Å². The van der Waals surface area contributed by atoms with Crippen molar-refractivity contribution in [1.29, 1.82) is 0 Å². The highest BCUT2D eigenvalue weighted by Gasteiger charge is 2.54. The number of rotatable bonds is 4. The van der Waals surface area contributed by atoms with E-state index in [2.05, 4.69) is 0 Å². The Morgan fingerprint density at radius 2 is 2.09 bits per heavy atom. The van der Waals surface area contributed by atoms with Crippen molar-refractivity contribution < 1.29 is 19.1 Å². The van der Waals surface area contributed by atoms with Gasteiger partial charge in [-0.05, 0) is 19.3 Å². The molecule has 0 aromatic carbocycles. The van der Waals surface area contributed by atoms with Gasteiger partial charge in [0, 0.05) is 39.2 Å². The lowest BCUT2D eigenvalue weighted by atomic mass is 9.64. The van der Waals surface area contributed by atoms with Crippen LogP contribution in [0.25, 0.3) is 0 Å². The number of carbonyl (C=O) groups is 2. The Morgan fingerprint density at radius 3 is 2.83 bits per heavy atom. The number of ether oxygens (including phenoxy) is 2. The van der Waals surface area contributed by atoms with Crippen LogP contribution < -0.4 is 0 Å². The van der Waals surface area contributed by atoms with E-state index in [-0.39, 0.29) is 23.3 Å². The van der Waals surface area contributed by atoms with Gasteiger partial charge in [-0.25, -0.2) is 0 Å². The number of likely N-dealkylation sites (tertiary alicyclic amines) is 1. The molecule has 2 atom stereocenters. The topological polar surface area (TPSA) is 59.1 Å². The SMILES string of the molecule is COCCN1C(=O)CC[C@@]2(C(=O)N3CCOCC3)CCCC[C@H]12. The molecule has 1 aliphatic carbocycles. The second-order valence-corrected chi connectivity index (χ2v) is 6.90. The molecule has 3 aliphatic rings. The lowest BCUT2D eigenvalue weighted by Gasteiger charge is -2.53. The number of carbonyl (C=O) groups excluding carboxylic acids is 2. The Bertz CT molecular complexity index is 450.